The second-order valence-corrected chi connectivity index (χ2v) is 8.69. The average molecular weight is 405 g/mol. The third-order valence-corrected chi connectivity index (χ3v) is 6.45. The molecule has 5 rings (SSSR count). The van der Waals surface area contributed by atoms with E-state index in [1.165, 1.54) is 16.7 Å². The number of H-pyrrole nitrogens is 1. The number of nitrogens with zero attached hydrogens (tertiary/aromatic N) is 1. The largest absolute Gasteiger partial charge is 0.361 e. The number of hydrogen-bond donors (Lipinski definition) is 2. The Morgan fingerprint density at radius 3 is 2.62 bits per heavy atom. The number of carbonyl (C=O) groups excluding carboxylic acids is 3. The highest BCUT2D eigenvalue weighted by Gasteiger charge is 2.40. The monoisotopic (exact) mass is 405 g/mol. The summed E-state index contributed by atoms with van der Waals surface area (Å²) in [5, 5.41) is 3.49. The Morgan fingerprint density at radius 1 is 1.07 bits per heavy atom. The van der Waals surface area contributed by atoms with Crippen LogP contribution in [0.2, 0.25) is 0 Å². The van der Waals surface area contributed by atoms with E-state index in [0.717, 1.165) is 34.3 Å². The number of thioether (sulfide) groups is 1. The van der Waals surface area contributed by atoms with Crippen LogP contribution in [0.4, 0.5) is 11.4 Å². The Morgan fingerprint density at radius 2 is 1.86 bits per heavy atom. The first-order chi connectivity index (χ1) is 14.1. The number of imide groups is 1. The molecule has 6 nitrogen and oxygen atoms in total. The van der Waals surface area contributed by atoms with Crippen molar-refractivity contribution in [3.05, 3.63) is 54.7 Å². The lowest BCUT2D eigenvalue weighted by Gasteiger charge is -2.15. The van der Waals surface area contributed by atoms with Gasteiger partial charge in [-0.2, -0.15) is 0 Å². The molecule has 1 saturated carbocycles. The smallest absolute Gasteiger partial charge is 0.247 e. The van der Waals surface area contributed by atoms with Gasteiger partial charge in [-0.25, -0.2) is 4.90 Å². The van der Waals surface area contributed by atoms with E-state index in [1.54, 1.807) is 6.07 Å². The van der Waals surface area contributed by atoms with Gasteiger partial charge in [0.05, 0.1) is 10.9 Å². The fraction of sp³-hybridized carbons (Fsp3) is 0.227. The van der Waals surface area contributed by atoms with Gasteiger partial charge in [-0.15, -0.1) is 11.8 Å². The number of aromatic amines is 1. The molecule has 0 radical (unpaired) electrons. The van der Waals surface area contributed by atoms with Gasteiger partial charge in [-0.05, 0) is 60.7 Å². The van der Waals surface area contributed by atoms with Crippen molar-refractivity contribution in [2.24, 2.45) is 5.92 Å². The van der Waals surface area contributed by atoms with Gasteiger partial charge in [0.15, 0.2) is 0 Å². The van der Waals surface area contributed by atoms with Crippen LogP contribution in [0.1, 0.15) is 19.3 Å². The van der Waals surface area contributed by atoms with Gasteiger partial charge in [0.25, 0.3) is 0 Å². The van der Waals surface area contributed by atoms with Crippen molar-refractivity contribution in [1.29, 1.82) is 0 Å². The summed E-state index contributed by atoms with van der Waals surface area (Å²) in [7, 11) is 0. The minimum absolute atomic E-state index is 0.0663. The molecule has 1 aliphatic heterocycles. The molecule has 0 bridgehead atoms. The van der Waals surface area contributed by atoms with Crippen molar-refractivity contribution in [3.63, 3.8) is 0 Å². The van der Waals surface area contributed by atoms with E-state index in [2.05, 4.69) is 10.3 Å². The van der Waals surface area contributed by atoms with E-state index >= 15 is 0 Å². The van der Waals surface area contributed by atoms with Crippen LogP contribution in [0, 0.1) is 5.92 Å². The van der Waals surface area contributed by atoms with Crippen LogP contribution >= 0.6 is 11.8 Å². The zero-order valence-electron chi connectivity index (χ0n) is 15.6. The number of rotatable bonds is 5. The predicted octanol–water partition coefficient (Wildman–Crippen LogP) is 3.94. The first-order valence-electron chi connectivity index (χ1n) is 9.60. The zero-order valence-corrected chi connectivity index (χ0v) is 16.4. The molecule has 2 aromatic carbocycles. The maximum absolute atomic E-state index is 12.9. The van der Waals surface area contributed by atoms with Gasteiger partial charge in [0.1, 0.15) is 0 Å². The number of hydrogen-bond acceptors (Lipinski definition) is 4. The molecule has 7 heteroatoms. The molecule has 1 saturated heterocycles. The molecule has 2 heterocycles. The predicted molar refractivity (Wildman–Crippen MR) is 113 cm³/mol. The van der Waals surface area contributed by atoms with Crippen LogP contribution in [-0.4, -0.2) is 28.0 Å². The maximum Gasteiger partial charge on any atom is 0.247 e. The van der Waals surface area contributed by atoms with Crippen LogP contribution in [0.15, 0.2) is 59.6 Å². The summed E-state index contributed by atoms with van der Waals surface area (Å²) >= 11 is 1.38. The summed E-state index contributed by atoms with van der Waals surface area (Å²) in [6, 6.07) is 14.9. The first-order valence-corrected chi connectivity index (χ1v) is 10.5. The molecule has 1 aromatic heterocycles. The lowest BCUT2D eigenvalue weighted by atomic mass is 10.2. The molecule has 1 atom stereocenters. The van der Waals surface area contributed by atoms with Crippen molar-refractivity contribution < 1.29 is 14.4 Å². The van der Waals surface area contributed by atoms with Crippen LogP contribution < -0.4 is 10.2 Å². The molecule has 146 valence electrons. The van der Waals surface area contributed by atoms with Crippen molar-refractivity contribution >= 4 is 51.8 Å². The number of benzene rings is 2. The van der Waals surface area contributed by atoms with Crippen molar-refractivity contribution in [2.75, 3.05) is 10.2 Å². The van der Waals surface area contributed by atoms with Crippen molar-refractivity contribution in [1.82, 2.24) is 4.98 Å². The molecule has 1 aliphatic carbocycles. The Bertz CT molecular complexity index is 1120. The van der Waals surface area contributed by atoms with Gasteiger partial charge in [-0.3, -0.25) is 14.4 Å². The summed E-state index contributed by atoms with van der Waals surface area (Å²) in [4.78, 5) is 42.6. The molecule has 3 aromatic rings. The summed E-state index contributed by atoms with van der Waals surface area (Å²) in [6.07, 6.45) is 3.93. The quantitative estimate of drug-likeness (QED) is 0.630. The highest BCUT2D eigenvalue weighted by molar-refractivity contribution is 8.00. The fourth-order valence-electron chi connectivity index (χ4n) is 3.51. The van der Waals surface area contributed by atoms with E-state index < -0.39 is 5.25 Å². The molecule has 29 heavy (non-hydrogen) atoms. The second kappa shape index (κ2) is 7.08. The normalized spacial score (nSPS) is 19.2. The van der Waals surface area contributed by atoms with Gasteiger partial charge in [0.2, 0.25) is 17.7 Å². The third-order valence-electron chi connectivity index (χ3n) is 5.25. The first kappa shape index (κ1) is 18.0. The Labute approximate surface area is 171 Å². The summed E-state index contributed by atoms with van der Waals surface area (Å²) in [5.41, 5.74) is 2.24. The van der Waals surface area contributed by atoms with Gasteiger partial charge >= 0.3 is 0 Å². The Balaban J connectivity index is 1.28. The SMILES string of the molecule is O=C(Nc1ccc(SC2CC(=O)N(c3ccc4cc[nH]c4c3)C2=O)cc1)C1CC1. The molecule has 3 amide bonds. The molecular weight excluding hydrogens is 386 g/mol. The number of amides is 3. The minimum Gasteiger partial charge on any atom is -0.361 e. The summed E-state index contributed by atoms with van der Waals surface area (Å²) < 4.78 is 0. The van der Waals surface area contributed by atoms with Crippen LogP contribution in [0.5, 0.6) is 0 Å². The topological polar surface area (TPSA) is 82.3 Å². The fourth-order valence-corrected chi connectivity index (χ4v) is 4.57. The number of carbonyl (C=O) groups is 3. The van der Waals surface area contributed by atoms with E-state index in [0.29, 0.717) is 5.69 Å². The van der Waals surface area contributed by atoms with Crippen LogP contribution in [0.25, 0.3) is 10.9 Å². The van der Waals surface area contributed by atoms with Gasteiger partial charge in [0, 0.05) is 34.6 Å². The summed E-state index contributed by atoms with van der Waals surface area (Å²) in [5.74, 6) is -0.164. The summed E-state index contributed by atoms with van der Waals surface area (Å²) in [6.45, 7) is 0. The van der Waals surface area contributed by atoms with Crippen LogP contribution in [-0.2, 0) is 14.4 Å². The number of fused-ring (bicyclic) bond motifs is 1. The maximum atomic E-state index is 12.9. The lowest BCUT2D eigenvalue weighted by molar-refractivity contribution is -0.121. The standard InChI is InChI=1S/C22H19N3O3S/c26-20-12-19(22(28)25(20)16-6-3-13-9-10-23-18(13)11-16)29-17-7-4-15(5-8-17)24-21(27)14-1-2-14/h3-11,14,19,23H,1-2,12H2,(H,24,27). The van der Waals surface area contributed by atoms with E-state index in [1.807, 2.05) is 48.7 Å². The zero-order chi connectivity index (χ0) is 20.0. The second-order valence-electron chi connectivity index (χ2n) is 7.42. The highest BCUT2D eigenvalue weighted by Crippen LogP contribution is 2.35. The molecule has 0 spiro atoms. The van der Waals surface area contributed by atoms with Crippen molar-refractivity contribution in [2.45, 2.75) is 29.4 Å². The van der Waals surface area contributed by atoms with Gasteiger partial charge in [-0.1, -0.05) is 6.07 Å². The van der Waals surface area contributed by atoms with E-state index in [9.17, 15) is 14.4 Å². The minimum atomic E-state index is -0.450. The molecule has 2 aliphatic rings. The van der Waals surface area contributed by atoms with Gasteiger partial charge < -0.3 is 10.3 Å². The van der Waals surface area contributed by atoms with E-state index in [-0.39, 0.29) is 30.1 Å². The Kier molecular flexibility index (Phi) is 4.39. The number of nitrogens with one attached hydrogen (secondary N) is 2. The van der Waals surface area contributed by atoms with Crippen LogP contribution in [0.3, 0.4) is 0 Å². The number of aromatic nitrogens is 1. The van der Waals surface area contributed by atoms with E-state index in [4.69, 9.17) is 0 Å². The average Bonchev–Trinajstić information content (AvgIpc) is 3.40. The lowest BCUT2D eigenvalue weighted by Crippen LogP contribution is -2.31. The number of anilines is 2. The Hall–Kier alpha value is -3.06. The highest BCUT2D eigenvalue weighted by atomic mass is 32.2. The molecule has 1 unspecified atom stereocenters. The van der Waals surface area contributed by atoms with Crippen molar-refractivity contribution in [3.8, 4) is 0 Å². The third kappa shape index (κ3) is 3.53. The molecular formula is C22H19N3O3S. The molecule has 2 N–H and O–H groups in total. The molecule has 2 fully saturated rings.